The summed E-state index contributed by atoms with van der Waals surface area (Å²) in [4.78, 5) is 17.6. The number of hydrogen-bond donors (Lipinski definition) is 2. The van der Waals surface area contributed by atoms with Gasteiger partial charge in [-0.05, 0) is 12.1 Å². The lowest BCUT2D eigenvalue weighted by atomic mass is 10.2. The van der Waals surface area contributed by atoms with E-state index in [9.17, 15) is 4.79 Å². The summed E-state index contributed by atoms with van der Waals surface area (Å²) in [7, 11) is 0. The molecule has 0 fully saturated rings. The van der Waals surface area contributed by atoms with Crippen molar-refractivity contribution in [3.8, 4) is 0 Å². The van der Waals surface area contributed by atoms with Crippen LogP contribution in [0.1, 0.15) is 0 Å². The highest BCUT2D eigenvalue weighted by atomic mass is 16.1. The van der Waals surface area contributed by atoms with E-state index in [2.05, 4.69) is 9.97 Å². The SMILES string of the molecule is Nc1cccc2c(=O)[nH]cnc12. The highest BCUT2D eigenvalue weighted by Crippen LogP contribution is 2.12. The van der Waals surface area contributed by atoms with Gasteiger partial charge in [0.2, 0.25) is 0 Å². The van der Waals surface area contributed by atoms with E-state index in [4.69, 9.17) is 5.73 Å². The fourth-order valence-corrected chi connectivity index (χ4v) is 1.12. The molecule has 0 aliphatic carbocycles. The molecule has 4 heteroatoms. The Morgan fingerprint density at radius 3 is 3.00 bits per heavy atom. The fraction of sp³-hybridized carbons (Fsp3) is 0. The molecule has 0 saturated heterocycles. The fourth-order valence-electron chi connectivity index (χ4n) is 1.12. The van der Waals surface area contributed by atoms with Gasteiger partial charge in [-0.15, -0.1) is 0 Å². The second-order valence-electron chi connectivity index (χ2n) is 2.48. The Morgan fingerprint density at radius 2 is 2.25 bits per heavy atom. The maximum atomic E-state index is 11.2. The molecule has 0 saturated carbocycles. The summed E-state index contributed by atoms with van der Waals surface area (Å²) < 4.78 is 0. The minimum absolute atomic E-state index is 0.160. The molecule has 60 valence electrons. The average Bonchev–Trinajstić information content (AvgIpc) is 2.07. The van der Waals surface area contributed by atoms with E-state index in [0.717, 1.165) is 0 Å². The average molecular weight is 161 g/mol. The molecule has 0 amide bonds. The molecule has 0 spiro atoms. The number of aromatic amines is 1. The third kappa shape index (κ3) is 0.852. The van der Waals surface area contributed by atoms with Gasteiger partial charge in [0.25, 0.3) is 5.56 Å². The molecular formula is C8H7N3O. The quantitative estimate of drug-likeness (QED) is 0.553. The minimum Gasteiger partial charge on any atom is -0.397 e. The number of aromatic nitrogens is 2. The van der Waals surface area contributed by atoms with Crippen molar-refractivity contribution in [1.29, 1.82) is 0 Å². The number of nitrogens with one attached hydrogen (secondary N) is 1. The van der Waals surface area contributed by atoms with Crippen LogP contribution in [-0.2, 0) is 0 Å². The molecule has 12 heavy (non-hydrogen) atoms. The van der Waals surface area contributed by atoms with Crippen LogP contribution in [0.25, 0.3) is 10.9 Å². The Bertz CT molecular complexity index is 475. The van der Waals surface area contributed by atoms with Gasteiger partial charge >= 0.3 is 0 Å². The third-order valence-electron chi connectivity index (χ3n) is 1.70. The largest absolute Gasteiger partial charge is 0.397 e. The van der Waals surface area contributed by atoms with Crippen LogP contribution in [0.5, 0.6) is 0 Å². The predicted octanol–water partition coefficient (Wildman–Crippen LogP) is 0.505. The van der Waals surface area contributed by atoms with Crippen molar-refractivity contribution in [1.82, 2.24) is 9.97 Å². The Morgan fingerprint density at radius 1 is 1.42 bits per heavy atom. The third-order valence-corrected chi connectivity index (χ3v) is 1.70. The first-order valence-corrected chi connectivity index (χ1v) is 3.51. The number of nitrogens with two attached hydrogens (primary N) is 1. The molecule has 3 N–H and O–H groups in total. The lowest BCUT2D eigenvalue weighted by Gasteiger charge is -1.97. The summed E-state index contributed by atoms with van der Waals surface area (Å²) in [5.74, 6) is 0. The number of H-pyrrole nitrogens is 1. The van der Waals surface area contributed by atoms with E-state index in [1.807, 2.05) is 0 Å². The summed E-state index contributed by atoms with van der Waals surface area (Å²) in [5, 5.41) is 0.525. The Balaban J connectivity index is 3.05. The molecule has 1 heterocycles. The number of hydrogen-bond acceptors (Lipinski definition) is 3. The topological polar surface area (TPSA) is 71.8 Å². The van der Waals surface area contributed by atoms with Gasteiger partial charge in [0.1, 0.15) is 5.52 Å². The van der Waals surface area contributed by atoms with Gasteiger partial charge in [0, 0.05) is 0 Å². The molecule has 2 rings (SSSR count). The van der Waals surface area contributed by atoms with Crippen molar-refractivity contribution in [3.05, 3.63) is 34.9 Å². The highest BCUT2D eigenvalue weighted by Gasteiger charge is 1.99. The first-order valence-electron chi connectivity index (χ1n) is 3.51. The van der Waals surface area contributed by atoms with E-state index in [-0.39, 0.29) is 5.56 Å². The Kier molecular flexibility index (Phi) is 1.33. The van der Waals surface area contributed by atoms with Crippen molar-refractivity contribution in [3.63, 3.8) is 0 Å². The van der Waals surface area contributed by atoms with E-state index in [1.165, 1.54) is 6.33 Å². The molecule has 0 unspecified atom stereocenters. The van der Waals surface area contributed by atoms with Crippen LogP contribution in [0.3, 0.4) is 0 Å². The summed E-state index contributed by atoms with van der Waals surface area (Å²) in [5.41, 5.74) is 6.53. The lowest BCUT2D eigenvalue weighted by Crippen LogP contribution is -2.06. The second kappa shape index (κ2) is 2.34. The molecule has 2 aromatic rings. The van der Waals surface area contributed by atoms with Crippen LogP contribution < -0.4 is 11.3 Å². The number of anilines is 1. The highest BCUT2D eigenvalue weighted by molar-refractivity contribution is 5.88. The van der Waals surface area contributed by atoms with Crippen LogP contribution in [0.2, 0.25) is 0 Å². The van der Waals surface area contributed by atoms with Crippen molar-refractivity contribution in [2.45, 2.75) is 0 Å². The first-order chi connectivity index (χ1) is 5.79. The van der Waals surface area contributed by atoms with Gasteiger partial charge in [0.15, 0.2) is 0 Å². The monoisotopic (exact) mass is 161 g/mol. The number of para-hydroxylation sites is 1. The molecule has 1 aromatic heterocycles. The van der Waals surface area contributed by atoms with E-state index >= 15 is 0 Å². The molecule has 0 bridgehead atoms. The standard InChI is InChI=1S/C8H7N3O/c9-6-3-1-2-5-7(6)10-4-11-8(5)12/h1-4H,9H2,(H,10,11,12). The second-order valence-corrected chi connectivity index (χ2v) is 2.48. The van der Waals surface area contributed by atoms with Gasteiger partial charge in [-0.1, -0.05) is 6.07 Å². The number of benzene rings is 1. The molecule has 0 radical (unpaired) electrons. The van der Waals surface area contributed by atoms with Crippen LogP contribution >= 0.6 is 0 Å². The number of nitrogen functional groups attached to an aromatic ring is 1. The summed E-state index contributed by atoms with van der Waals surface area (Å²) in [6.45, 7) is 0. The van der Waals surface area contributed by atoms with Gasteiger partial charge in [-0.25, -0.2) is 4.98 Å². The summed E-state index contributed by atoms with van der Waals surface area (Å²) >= 11 is 0. The zero-order valence-electron chi connectivity index (χ0n) is 6.24. The summed E-state index contributed by atoms with van der Waals surface area (Å²) in [6, 6.07) is 5.14. The Labute approximate surface area is 68.1 Å². The van der Waals surface area contributed by atoms with Crippen molar-refractivity contribution in [2.24, 2.45) is 0 Å². The van der Waals surface area contributed by atoms with Gasteiger partial charge < -0.3 is 10.7 Å². The minimum atomic E-state index is -0.160. The Hall–Kier alpha value is -1.84. The van der Waals surface area contributed by atoms with E-state index < -0.39 is 0 Å². The number of rotatable bonds is 0. The van der Waals surface area contributed by atoms with Gasteiger partial charge in [-0.3, -0.25) is 4.79 Å². The van der Waals surface area contributed by atoms with Crippen LogP contribution in [0.15, 0.2) is 29.3 Å². The summed E-state index contributed by atoms with van der Waals surface area (Å²) in [6.07, 6.45) is 1.35. The molecule has 0 aliphatic rings. The van der Waals surface area contributed by atoms with Crippen molar-refractivity contribution < 1.29 is 0 Å². The normalized spacial score (nSPS) is 10.3. The van der Waals surface area contributed by atoms with Crippen LogP contribution in [-0.4, -0.2) is 9.97 Å². The van der Waals surface area contributed by atoms with Crippen molar-refractivity contribution in [2.75, 3.05) is 5.73 Å². The lowest BCUT2D eigenvalue weighted by molar-refractivity contribution is 1.17. The maximum absolute atomic E-state index is 11.2. The number of fused-ring (bicyclic) bond motifs is 1. The maximum Gasteiger partial charge on any atom is 0.258 e. The first kappa shape index (κ1) is 6.84. The van der Waals surface area contributed by atoms with Gasteiger partial charge in [0.05, 0.1) is 17.4 Å². The van der Waals surface area contributed by atoms with Crippen LogP contribution in [0, 0.1) is 0 Å². The van der Waals surface area contributed by atoms with Gasteiger partial charge in [-0.2, -0.15) is 0 Å². The smallest absolute Gasteiger partial charge is 0.258 e. The van der Waals surface area contributed by atoms with E-state index in [1.54, 1.807) is 18.2 Å². The molecular weight excluding hydrogens is 154 g/mol. The number of nitrogens with zero attached hydrogens (tertiary/aromatic N) is 1. The molecule has 4 nitrogen and oxygen atoms in total. The zero-order valence-corrected chi connectivity index (χ0v) is 6.24. The predicted molar refractivity (Wildman–Crippen MR) is 46.8 cm³/mol. The molecule has 0 atom stereocenters. The van der Waals surface area contributed by atoms with E-state index in [0.29, 0.717) is 16.6 Å². The van der Waals surface area contributed by atoms with Crippen molar-refractivity contribution >= 4 is 16.6 Å². The van der Waals surface area contributed by atoms with Crippen LogP contribution in [0.4, 0.5) is 5.69 Å². The molecule has 1 aromatic carbocycles. The molecule has 0 aliphatic heterocycles. The zero-order chi connectivity index (χ0) is 8.55.